The standard InChI is InChI=1S/C11H19N3/c1-10(2)14(8-6-12)9-11-5-3-4-7-13-11/h3-5,7,10H,6,8-9,12H2,1-2H3. The molecule has 0 aromatic carbocycles. The Morgan fingerprint density at radius 3 is 2.71 bits per heavy atom. The quantitative estimate of drug-likeness (QED) is 0.765. The zero-order valence-electron chi connectivity index (χ0n) is 8.98. The van der Waals surface area contributed by atoms with Crippen molar-refractivity contribution in [3.8, 4) is 0 Å². The molecule has 0 unspecified atom stereocenters. The third kappa shape index (κ3) is 3.44. The lowest BCUT2D eigenvalue weighted by molar-refractivity contribution is 0.216. The normalized spacial score (nSPS) is 11.2. The molecule has 3 heteroatoms. The summed E-state index contributed by atoms with van der Waals surface area (Å²) in [6.45, 7) is 6.87. The Balaban J connectivity index is 2.55. The SMILES string of the molecule is CC(C)N(CCN)Cc1ccccn1. The van der Waals surface area contributed by atoms with Gasteiger partial charge in [-0.2, -0.15) is 0 Å². The Labute approximate surface area is 85.9 Å². The molecule has 0 aliphatic heterocycles. The predicted molar refractivity (Wildman–Crippen MR) is 58.8 cm³/mol. The Morgan fingerprint density at radius 1 is 1.43 bits per heavy atom. The first-order valence-corrected chi connectivity index (χ1v) is 5.08. The largest absolute Gasteiger partial charge is 0.329 e. The smallest absolute Gasteiger partial charge is 0.0544 e. The van der Waals surface area contributed by atoms with Crippen LogP contribution in [0.5, 0.6) is 0 Å². The van der Waals surface area contributed by atoms with Crippen molar-refractivity contribution >= 4 is 0 Å². The molecule has 0 saturated carbocycles. The summed E-state index contributed by atoms with van der Waals surface area (Å²) in [4.78, 5) is 6.62. The van der Waals surface area contributed by atoms with E-state index in [0.717, 1.165) is 18.8 Å². The van der Waals surface area contributed by atoms with Crippen molar-refractivity contribution in [3.63, 3.8) is 0 Å². The first-order chi connectivity index (χ1) is 6.74. The van der Waals surface area contributed by atoms with Gasteiger partial charge in [0.1, 0.15) is 0 Å². The van der Waals surface area contributed by atoms with Crippen LogP contribution in [0.3, 0.4) is 0 Å². The zero-order valence-corrected chi connectivity index (χ0v) is 8.98. The first-order valence-electron chi connectivity index (χ1n) is 5.08. The third-order valence-corrected chi connectivity index (χ3v) is 2.24. The lowest BCUT2D eigenvalue weighted by atomic mass is 10.2. The minimum atomic E-state index is 0.514. The van der Waals surface area contributed by atoms with Crippen molar-refractivity contribution in [2.45, 2.75) is 26.4 Å². The first kappa shape index (κ1) is 11.1. The van der Waals surface area contributed by atoms with Gasteiger partial charge in [-0.15, -0.1) is 0 Å². The molecule has 0 saturated heterocycles. The van der Waals surface area contributed by atoms with Crippen LogP contribution in [0.4, 0.5) is 0 Å². The number of aromatic nitrogens is 1. The summed E-state index contributed by atoms with van der Waals surface area (Å²) >= 11 is 0. The Hall–Kier alpha value is -0.930. The van der Waals surface area contributed by atoms with Crippen molar-refractivity contribution < 1.29 is 0 Å². The summed E-state index contributed by atoms with van der Waals surface area (Å²) < 4.78 is 0. The van der Waals surface area contributed by atoms with Gasteiger partial charge in [-0.25, -0.2) is 0 Å². The molecule has 1 rings (SSSR count). The monoisotopic (exact) mass is 193 g/mol. The number of hydrogen-bond donors (Lipinski definition) is 1. The molecule has 3 nitrogen and oxygen atoms in total. The van der Waals surface area contributed by atoms with Crippen molar-refractivity contribution in [3.05, 3.63) is 30.1 Å². The molecule has 1 aromatic heterocycles. The summed E-state index contributed by atoms with van der Waals surface area (Å²) in [7, 11) is 0. The molecular weight excluding hydrogens is 174 g/mol. The van der Waals surface area contributed by atoms with Crippen molar-refractivity contribution in [1.82, 2.24) is 9.88 Å². The minimum Gasteiger partial charge on any atom is -0.329 e. The van der Waals surface area contributed by atoms with E-state index in [1.54, 1.807) is 0 Å². The van der Waals surface area contributed by atoms with Crippen LogP contribution < -0.4 is 5.73 Å². The fourth-order valence-corrected chi connectivity index (χ4v) is 1.39. The van der Waals surface area contributed by atoms with Gasteiger partial charge in [0.2, 0.25) is 0 Å². The van der Waals surface area contributed by atoms with E-state index in [-0.39, 0.29) is 0 Å². The van der Waals surface area contributed by atoms with Crippen LogP contribution in [-0.2, 0) is 6.54 Å². The molecule has 14 heavy (non-hydrogen) atoms. The van der Waals surface area contributed by atoms with Crippen LogP contribution in [-0.4, -0.2) is 29.0 Å². The zero-order chi connectivity index (χ0) is 10.4. The maximum atomic E-state index is 5.56. The highest BCUT2D eigenvalue weighted by atomic mass is 15.2. The molecule has 0 aliphatic carbocycles. The number of pyridine rings is 1. The van der Waals surface area contributed by atoms with Crippen LogP contribution in [0.25, 0.3) is 0 Å². The van der Waals surface area contributed by atoms with E-state index in [4.69, 9.17) is 5.73 Å². The van der Waals surface area contributed by atoms with Gasteiger partial charge < -0.3 is 5.73 Å². The number of nitrogens with two attached hydrogens (primary N) is 1. The summed E-state index contributed by atoms with van der Waals surface area (Å²) in [6.07, 6.45) is 1.83. The topological polar surface area (TPSA) is 42.1 Å². The van der Waals surface area contributed by atoms with E-state index in [0.29, 0.717) is 12.6 Å². The maximum Gasteiger partial charge on any atom is 0.0544 e. The molecule has 78 valence electrons. The molecule has 1 heterocycles. The Kier molecular flexibility index (Phi) is 4.56. The fourth-order valence-electron chi connectivity index (χ4n) is 1.39. The molecule has 0 spiro atoms. The van der Waals surface area contributed by atoms with Crippen LogP contribution >= 0.6 is 0 Å². The van der Waals surface area contributed by atoms with E-state index in [2.05, 4.69) is 23.7 Å². The van der Waals surface area contributed by atoms with Gasteiger partial charge in [-0.3, -0.25) is 9.88 Å². The molecule has 0 fully saturated rings. The average molecular weight is 193 g/mol. The highest BCUT2D eigenvalue weighted by molar-refractivity contribution is 5.03. The summed E-state index contributed by atoms with van der Waals surface area (Å²) in [5, 5.41) is 0. The summed E-state index contributed by atoms with van der Waals surface area (Å²) in [6, 6.07) is 6.52. The van der Waals surface area contributed by atoms with Gasteiger partial charge in [0.15, 0.2) is 0 Å². The third-order valence-electron chi connectivity index (χ3n) is 2.24. The van der Waals surface area contributed by atoms with Crippen molar-refractivity contribution in [1.29, 1.82) is 0 Å². The van der Waals surface area contributed by atoms with E-state index < -0.39 is 0 Å². The van der Waals surface area contributed by atoms with E-state index >= 15 is 0 Å². The highest BCUT2D eigenvalue weighted by Crippen LogP contribution is 2.04. The van der Waals surface area contributed by atoms with Crippen molar-refractivity contribution in [2.24, 2.45) is 5.73 Å². The maximum absolute atomic E-state index is 5.56. The number of hydrogen-bond acceptors (Lipinski definition) is 3. The van der Waals surface area contributed by atoms with Crippen LogP contribution in [0, 0.1) is 0 Å². The lowest BCUT2D eigenvalue weighted by Gasteiger charge is -2.25. The molecule has 0 bridgehead atoms. The molecule has 0 atom stereocenters. The van der Waals surface area contributed by atoms with Crippen molar-refractivity contribution in [2.75, 3.05) is 13.1 Å². The Morgan fingerprint density at radius 2 is 2.21 bits per heavy atom. The lowest BCUT2D eigenvalue weighted by Crippen LogP contribution is -2.35. The van der Waals surface area contributed by atoms with Crippen LogP contribution in [0.15, 0.2) is 24.4 Å². The van der Waals surface area contributed by atoms with Gasteiger partial charge in [0.25, 0.3) is 0 Å². The number of nitrogens with zero attached hydrogens (tertiary/aromatic N) is 2. The van der Waals surface area contributed by atoms with E-state index in [1.807, 2.05) is 24.4 Å². The fraction of sp³-hybridized carbons (Fsp3) is 0.545. The molecule has 2 N–H and O–H groups in total. The second-order valence-corrected chi connectivity index (χ2v) is 3.67. The molecular formula is C11H19N3. The van der Waals surface area contributed by atoms with Gasteiger partial charge in [0, 0.05) is 31.9 Å². The summed E-state index contributed by atoms with van der Waals surface area (Å²) in [5.74, 6) is 0. The van der Waals surface area contributed by atoms with Gasteiger partial charge >= 0.3 is 0 Å². The second kappa shape index (κ2) is 5.73. The van der Waals surface area contributed by atoms with Crippen LogP contribution in [0.2, 0.25) is 0 Å². The summed E-state index contributed by atoms with van der Waals surface area (Å²) in [5.41, 5.74) is 6.66. The predicted octanol–water partition coefficient (Wildman–Crippen LogP) is 1.25. The second-order valence-electron chi connectivity index (χ2n) is 3.67. The molecule has 0 radical (unpaired) electrons. The minimum absolute atomic E-state index is 0.514. The highest BCUT2D eigenvalue weighted by Gasteiger charge is 2.08. The number of rotatable bonds is 5. The average Bonchev–Trinajstić information content (AvgIpc) is 2.18. The van der Waals surface area contributed by atoms with Gasteiger partial charge in [-0.1, -0.05) is 6.07 Å². The molecule has 1 aromatic rings. The van der Waals surface area contributed by atoms with Crippen LogP contribution in [0.1, 0.15) is 19.5 Å². The van der Waals surface area contributed by atoms with Gasteiger partial charge in [0.05, 0.1) is 5.69 Å². The van der Waals surface area contributed by atoms with E-state index in [9.17, 15) is 0 Å². The van der Waals surface area contributed by atoms with E-state index in [1.165, 1.54) is 0 Å². The van der Waals surface area contributed by atoms with Gasteiger partial charge in [-0.05, 0) is 26.0 Å². The Bertz CT molecular complexity index is 246. The molecule has 0 amide bonds. The molecule has 0 aliphatic rings.